The Morgan fingerprint density at radius 3 is 1.28 bits per heavy atom. The number of hydrogen-bond acceptors (Lipinski definition) is 8. The molecule has 2 aromatic rings. The number of carboxylic acids is 2. The molecule has 0 fully saturated rings. The van der Waals surface area contributed by atoms with E-state index in [0.29, 0.717) is 34.1 Å². The standard InChI is InChI=1S/2C11H14O5/c2*1-15-8-4-3-7(10(6-8)16-2)5-9(12)11(13)14/h2*3-4,6,9,12H,5H2,1-2H3,(H,13,14). The van der Waals surface area contributed by atoms with Crippen LogP contribution < -0.4 is 18.9 Å². The lowest BCUT2D eigenvalue weighted by atomic mass is 10.1. The number of benzene rings is 2. The Morgan fingerprint density at radius 1 is 0.688 bits per heavy atom. The number of aliphatic hydroxyl groups is 2. The SMILES string of the molecule is COc1ccc(CC(O)C(=O)O)c(OC)c1.COc1ccc(CC(O)C(=O)O)c(OC)c1. The Balaban J connectivity index is 0.000000320. The molecule has 0 spiro atoms. The summed E-state index contributed by atoms with van der Waals surface area (Å²) in [5, 5.41) is 35.7. The second-order valence-electron chi connectivity index (χ2n) is 6.47. The lowest BCUT2D eigenvalue weighted by Gasteiger charge is -2.11. The lowest BCUT2D eigenvalue weighted by Crippen LogP contribution is -2.22. The highest BCUT2D eigenvalue weighted by Gasteiger charge is 2.17. The number of carbonyl (C=O) groups is 2. The fourth-order valence-corrected chi connectivity index (χ4v) is 2.63. The van der Waals surface area contributed by atoms with Gasteiger partial charge >= 0.3 is 11.9 Å². The van der Waals surface area contributed by atoms with Gasteiger partial charge in [0.05, 0.1) is 28.4 Å². The maximum absolute atomic E-state index is 10.5. The summed E-state index contributed by atoms with van der Waals surface area (Å²) < 4.78 is 20.2. The second kappa shape index (κ2) is 13.0. The van der Waals surface area contributed by atoms with Crippen molar-refractivity contribution in [2.45, 2.75) is 25.0 Å². The van der Waals surface area contributed by atoms with Crippen LogP contribution in [0.4, 0.5) is 0 Å². The maximum Gasteiger partial charge on any atom is 0.332 e. The molecule has 0 saturated carbocycles. The van der Waals surface area contributed by atoms with E-state index in [4.69, 9.17) is 29.2 Å². The van der Waals surface area contributed by atoms with Gasteiger partial charge in [0.15, 0.2) is 12.2 Å². The van der Waals surface area contributed by atoms with Crippen molar-refractivity contribution < 1.29 is 49.0 Å². The number of hydrogen-bond donors (Lipinski definition) is 4. The minimum Gasteiger partial charge on any atom is -0.497 e. The molecule has 0 radical (unpaired) electrons. The molecule has 0 bridgehead atoms. The molecule has 2 aromatic carbocycles. The molecule has 2 atom stereocenters. The first-order valence-corrected chi connectivity index (χ1v) is 9.40. The summed E-state index contributed by atoms with van der Waals surface area (Å²) in [5.41, 5.74) is 1.25. The van der Waals surface area contributed by atoms with Crippen LogP contribution in [0.1, 0.15) is 11.1 Å². The van der Waals surface area contributed by atoms with Gasteiger partial charge in [-0.05, 0) is 23.3 Å². The molecule has 0 amide bonds. The molecule has 0 saturated heterocycles. The Bertz CT molecular complexity index is 823. The van der Waals surface area contributed by atoms with E-state index in [1.54, 1.807) is 36.4 Å². The summed E-state index contributed by atoms with van der Waals surface area (Å²) in [6.07, 6.45) is -2.85. The summed E-state index contributed by atoms with van der Waals surface area (Å²) in [4.78, 5) is 21.0. The van der Waals surface area contributed by atoms with E-state index in [1.807, 2.05) is 0 Å². The van der Waals surface area contributed by atoms with Crippen LogP contribution in [0.3, 0.4) is 0 Å². The molecule has 4 N–H and O–H groups in total. The molecule has 2 rings (SSSR count). The zero-order valence-electron chi connectivity index (χ0n) is 18.3. The highest BCUT2D eigenvalue weighted by molar-refractivity contribution is 5.73. The minimum absolute atomic E-state index is 0.00248. The maximum atomic E-state index is 10.5. The van der Waals surface area contributed by atoms with E-state index in [0.717, 1.165) is 0 Å². The Hall–Kier alpha value is -3.50. The minimum atomic E-state index is -1.43. The van der Waals surface area contributed by atoms with E-state index < -0.39 is 24.1 Å². The summed E-state index contributed by atoms with van der Waals surface area (Å²) in [5.74, 6) is -0.272. The van der Waals surface area contributed by atoms with Gasteiger partial charge in [-0.15, -0.1) is 0 Å². The van der Waals surface area contributed by atoms with E-state index in [2.05, 4.69) is 0 Å². The Labute approximate surface area is 185 Å². The molecular formula is C22H28O10. The summed E-state index contributed by atoms with van der Waals surface area (Å²) in [6.45, 7) is 0. The number of carboxylic acid groups (broad SMARTS) is 2. The molecule has 10 nitrogen and oxygen atoms in total. The van der Waals surface area contributed by atoms with Crippen LogP contribution in [-0.2, 0) is 22.4 Å². The van der Waals surface area contributed by atoms with Crippen molar-refractivity contribution in [1.82, 2.24) is 0 Å². The molecule has 2 unspecified atom stereocenters. The first-order valence-electron chi connectivity index (χ1n) is 9.40. The average molecular weight is 452 g/mol. The molecule has 0 aliphatic heterocycles. The first kappa shape index (κ1) is 26.5. The summed E-state index contributed by atoms with van der Waals surface area (Å²) in [6, 6.07) is 10.0. The van der Waals surface area contributed by atoms with Gasteiger partial charge in [0.25, 0.3) is 0 Å². The molecule has 10 heteroatoms. The van der Waals surface area contributed by atoms with Crippen molar-refractivity contribution in [2.75, 3.05) is 28.4 Å². The van der Waals surface area contributed by atoms with E-state index in [1.165, 1.54) is 28.4 Å². The van der Waals surface area contributed by atoms with Crippen molar-refractivity contribution in [1.29, 1.82) is 0 Å². The topological polar surface area (TPSA) is 152 Å². The number of aliphatic carboxylic acids is 2. The third-order valence-electron chi connectivity index (χ3n) is 4.39. The molecule has 0 heterocycles. The average Bonchev–Trinajstić information content (AvgIpc) is 2.79. The van der Waals surface area contributed by atoms with Crippen LogP contribution in [0.15, 0.2) is 36.4 Å². The van der Waals surface area contributed by atoms with Crippen molar-refractivity contribution in [3.05, 3.63) is 47.5 Å². The molecule has 32 heavy (non-hydrogen) atoms. The zero-order valence-corrected chi connectivity index (χ0v) is 18.3. The molecular weight excluding hydrogens is 424 g/mol. The van der Waals surface area contributed by atoms with Gasteiger partial charge in [-0.2, -0.15) is 0 Å². The zero-order chi connectivity index (χ0) is 24.3. The molecule has 0 aliphatic carbocycles. The van der Waals surface area contributed by atoms with Gasteiger partial charge in [0, 0.05) is 25.0 Å². The van der Waals surface area contributed by atoms with Crippen molar-refractivity contribution in [3.8, 4) is 23.0 Å². The molecule has 0 aromatic heterocycles. The second-order valence-corrected chi connectivity index (χ2v) is 6.47. The highest BCUT2D eigenvalue weighted by atomic mass is 16.5. The smallest absolute Gasteiger partial charge is 0.332 e. The first-order chi connectivity index (χ1) is 15.2. The summed E-state index contributed by atoms with van der Waals surface area (Å²) >= 11 is 0. The van der Waals surface area contributed by atoms with Crippen LogP contribution in [0.25, 0.3) is 0 Å². The number of methoxy groups -OCH3 is 4. The van der Waals surface area contributed by atoms with Gasteiger partial charge in [0.2, 0.25) is 0 Å². The number of rotatable bonds is 10. The van der Waals surface area contributed by atoms with Crippen molar-refractivity contribution in [2.24, 2.45) is 0 Å². The number of ether oxygens (including phenoxy) is 4. The number of aliphatic hydroxyl groups excluding tert-OH is 2. The van der Waals surface area contributed by atoms with Crippen LogP contribution in [0, 0.1) is 0 Å². The normalized spacial score (nSPS) is 11.9. The largest absolute Gasteiger partial charge is 0.497 e. The summed E-state index contributed by atoms with van der Waals surface area (Å²) in [7, 11) is 6.01. The van der Waals surface area contributed by atoms with Crippen LogP contribution >= 0.6 is 0 Å². The van der Waals surface area contributed by atoms with Gasteiger partial charge in [0.1, 0.15) is 23.0 Å². The van der Waals surface area contributed by atoms with Gasteiger partial charge in [-0.25, -0.2) is 9.59 Å². The fraction of sp³-hybridized carbons (Fsp3) is 0.364. The monoisotopic (exact) mass is 452 g/mol. The Kier molecular flexibility index (Phi) is 10.8. The van der Waals surface area contributed by atoms with Gasteiger partial charge in [-0.3, -0.25) is 0 Å². The van der Waals surface area contributed by atoms with Crippen LogP contribution in [0.5, 0.6) is 23.0 Å². The predicted molar refractivity (Wildman–Crippen MR) is 114 cm³/mol. The molecule has 0 aliphatic rings. The quantitative estimate of drug-likeness (QED) is 0.416. The van der Waals surface area contributed by atoms with Gasteiger partial charge < -0.3 is 39.4 Å². The van der Waals surface area contributed by atoms with Gasteiger partial charge in [-0.1, -0.05) is 12.1 Å². The van der Waals surface area contributed by atoms with E-state index in [9.17, 15) is 19.8 Å². The van der Waals surface area contributed by atoms with Crippen LogP contribution in [0.2, 0.25) is 0 Å². The van der Waals surface area contributed by atoms with Crippen LogP contribution in [-0.4, -0.2) is 73.0 Å². The van der Waals surface area contributed by atoms with Crippen molar-refractivity contribution >= 4 is 11.9 Å². The van der Waals surface area contributed by atoms with E-state index >= 15 is 0 Å². The molecule has 176 valence electrons. The van der Waals surface area contributed by atoms with Crippen molar-refractivity contribution in [3.63, 3.8) is 0 Å². The fourth-order valence-electron chi connectivity index (χ4n) is 2.63. The highest BCUT2D eigenvalue weighted by Crippen LogP contribution is 2.26. The lowest BCUT2D eigenvalue weighted by molar-refractivity contribution is -0.147. The predicted octanol–water partition coefficient (Wildman–Crippen LogP) is 1.38. The Morgan fingerprint density at radius 2 is 1.03 bits per heavy atom. The van der Waals surface area contributed by atoms with E-state index in [-0.39, 0.29) is 12.8 Å². The third-order valence-corrected chi connectivity index (χ3v) is 4.39. The third kappa shape index (κ3) is 7.97.